The molecule has 3 N–H and O–H groups in total. The largest absolute Gasteiger partial charge is 0.469 e. The first kappa shape index (κ1) is 12.2. The number of hydrogen-bond acceptors (Lipinski definition) is 4. The molecule has 4 nitrogen and oxygen atoms in total. The van der Waals surface area contributed by atoms with E-state index in [-0.39, 0.29) is 12.1 Å². The van der Waals surface area contributed by atoms with Gasteiger partial charge in [-0.2, -0.15) is 0 Å². The number of hydrogen-bond donors (Lipinski definition) is 2. The second-order valence-electron chi connectivity index (χ2n) is 3.75. The van der Waals surface area contributed by atoms with Crippen molar-refractivity contribution in [2.75, 3.05) is 6.61 Å². The van der Waals surface area contributed by atoms with Gasteiger partial charge in [-0.15, -0.1) is 0 Å². The molecular formula is C11H20N2O2. The van der Waals surface area contributed by atoms with Crippen molar-refractivity contribution in [3.63, 3.8) is 0 Å². The highest BCUT2D eigenvalue weighted by molar-refractivity contribution is 5.21. The van der Waals surface area contributed by atoms with Crippen LogP contribution in [0.3, 0.4) is 0 Å². The van der Waals surface area contributed by atoms with E-state index in [0.29, 0.717) is 6.61 Å². The molecule has 1 aromatic heterocycles. The highest BCUT2D eigenvalue weighted by Gasteiger charge is 2.16. The zero-order valence-corrected chi connectivity index (χ0v) is 9.62. The van der Waals surface area contributed by atoms with E-state index in [1.54, 1.807) is 6.26 Å². The molecule has 0 saturated heterocycles. The minimum absolute atomic E-state index is 0.00102. The molecule has 1 atom stereocenters. The maximum Gasteiger partial charge on any atom is 0.108 e. The average Bonchev–Trinajstić information content (AvgIpc) is 2.66. The van der Waals surface area contributed by atoms with Gasteiger partial charge >= 0.3 is 0 Å². The highest BCUT2D eigenvalue weighted by atomic mass is 16.5. The smallest absolute Gasteiger partial charge is 0.108 e. The van der Waals surface area contributed by atoms with Crippen LogP contribution in [0.1, 0.15) is 38.1 Å². The summed E-state index contributed by atoms with van der Waals surface area (Å²) < 4.78 is 10.9. The molecular weight excluding hydrogens is 192 g/mol. The molecule has 1 unspecified atom stereocenters. The predicted molar refractivity (Wildman–Crippen MR) is 59.2 cm³/mol. The Morgan fingerprint density at radius 3 is 2.80 bits per heavy atom. The van der Waals surface area contributed by atoms with E-state index in [0.717, 1.165) is 17.7 Å². The summed E-state index contributed by atoms with van der Waals surface area (Å²) in [4.78, 5) is 0. The molecule has 15 heavy (non-hydrogen) atoms. The van der Waals surface area contributed by atoms with Gasteiger partial charge in [0, 0.05) is 12.0 Å². The fourth-order valence-electron chi connectivity index (χ4n) is 1.46. The van der Waals surface area contributed by atoms with Crippen LogP contribution in [0.25, 0.3) is 0 Å². The fraction of sp³-hybridized carbons (Fsp3) is 0.636. The Morgan fingerprint density at radius 1 is 1.53 bits per heavy atom. The van der Waals surface area contributed by atoms with Crippen LogP contribution in [0.15, 0.2) is 16.7 Å². The Bertz CT molecular complexity index is 284. The Morgan fingerprint density at radius 2 is 2.27 bits per heavy atom. The quantitative estimate of drug-likeness (QED) is 0.557. The van der Waals surface area contributed by atoms with Crippen LogP contribution >= 0.6 is 0 Å². The molecule has 0 radical (unpaired) electrons. The lowest BCUT2D eigenvalue weighted by atomic mass is 10.1. The number of hydrazine groups is 1. The Kier molecular flexibility index (Phi) is 4.81. The highest BCUT2D eigenvalue weighted by Crippen LogP contribution is 2.20. The van der Waals surface area contributed by atoms with Gasteiger partial charge in [-0.3, -0.25) is 11.3 Å². The zero-order chi connectivity index (χ0) is 11.3. The monoisotopic (exact) mass is 212 g/mol. The van der Waals surface area contributed by atoms with Crippen molar-refractivity contribution < 1.29 is 9.15 Å². The van der Waals surface area contributed by atoms with Gasteiger partial charge in [-0.25, -0.2) is 0 Å². The molecule has 1 heterocycles. The molecule has 0 aliphatic carbocycles. The van der Waals surface area contributed by atoms with Crippen LogP contribution in [0.4, 0.5) is 0 Å². The van der Waals surface area contributed by atoms with E-state index in [1.807, 2.05) is 19.9 Å². The number of furan rings is 1. The van der Waals surface area contributed by atoms with Gasteiger partial charge in [0.25, 0.3) is 0 Å². The van der Waals surface area contributed by atoms with Crippen molar-refractivity contribution in [1.29, 1.82) is 0 Å². The third-order valence-electron chi connectivity index (χ3n) is 2.27. The van der Waals surface area contributed by atoms with Gasteiger partial charge < -0.3 is 9.15 Å². The number of rotatable bonds is 6. The standard InChI is InChI=1S/C11H20N2O2/c1-4-11-9(5-6-14-11)10(13-12)7-15-8(2)3/h5-6,8,10,13H,4,7,12H2,1-3H3. The van der Waals surface area contributed by atoms with E-state index < -0.39 is 0 Å². The van der Waals surface area contributed by atoms with Gasteiger partial charge in [0.05, 0.1) is 25.0 Å². The van der Waals surface area contributed by atoms with Crippen LogP contribution in [-0.2, 0) is 11.2 Å². The molecule has 86 valence electrons. The van der Waals surface area contributed by atoms with Crippen LogP contribution in [0, 0.1) is 0 Å². The maximum atomic E-state index is 5.53. The van der Waals surface area contributed by atoms with E-state index in [1.165, 1.54) is 0 Å². The topological polar surface area (TPSA) is 60.4 Å². The van der Waals surface area contributed by atoms with E-state index >= 15 is 0 Å². The minimum Gasteiger partial charge on any atom is -0.469 e. The summed E-state index contributed by atoms with van der Waals surface area (Å²) in [5.41, 5.74) is 3.83. The minimum atomic E-state index is 0.00102. The van der Waals surface area contributed by atoms with Crippen LogP contribution < -0.4 is 11.3 Å². The van der Waals surface area contributed by atoms with Crippen molar-refractivity contribution in [1.82, 2.24) is 5.43 Å². The van der Waals surface area contributed by atoms with Crippen molar-refractivity contribution in [3.8, 4) is 0 Å². The molecule has 0 aliphatic heterocycles. The Hall–Kier alpha value is -0.840. The summed E-state index contributed by atoms with van der Waals surface area (Å²) in [6.07, 6.45) is 2.76. The summed E-state index contributed by atoms with van der Waals surface area (Å²) in [6, 6.07) is 1.94. The van der Waals surface area contributed by atoms with Crippen LogP contribution in [0.2, 0.25) is 0 Å². The fourth-order valence-corrected chi connectivity index (χ4v) is 1.46. The molecule has 0 saturated carbocycles. The van der Waals surface area contributed by atoms with Gasteiger partial charge in [0.15, 0.2) is 0 Å². The average molecular weight is 212 g/mol. The molecule has 0 fully saturated rings. The van der Waals surface area contributed by atoms with Gasteiger partial charge in [0.2, 0.25) is 0 Å². The van der Waals surface area contributed by atoms with Crippen LogP contribution in [0.5, 0.6) is 0 Å². The number of aryl methyl sites for hydroxylation is 1. The lowest BCUT2D eigenvalue weighted by Gasteiger charge is -2.17. The molecule has 4 heteroatoms. The predicted octanol–water partition coefficient (Wildman–Crippen LogP) is 1.77. The first-order valence-electron chi connectivity index (χ1n) is 5.33. The molecule has 1 aromatic rings. The number of nitrogens with two attached hydrogens (primary N) is 1. The molecule has 0 bridgehead atoms. The lowest BCUT2D eigenvalue weighted by Crippen LogP contribution is -2.32. The summed E-state index contributed by atoms with van der Waals surface area (Å²) >= 11 is 0. The first-order chi connectivity index (χ1) is 7.19. The summed E-state index contributed by atoms with van der Waals surface area (Å²) in [5.74, 6) is 6.47. The molecule has 0 aliphatic rings. The number of nitrogens with one attached hydrogen (secondary N) is 1. The molecule has 1 rings (SSSR count). The second kappa shape index (κ2) is 5.90. The lowest BCUT2D eigenvalue weighted by molar-refractivity contribution is 0.0608. The Labute approximate surface area is 90.8 Å². The molecule has 0 aromatic carbocycles. The first-order valence-corrected chi connectivity index (χ1v) is 5.33. The second-order valence-corrected chi connectivity index (χ2v) is 3.75. The van der Waals surface area contributed by atoms with E-state index in [9.17, 15) is 0 Å². The van der Waals surface area contributed by atoms with Gasteiger partial charge in [-0.1, -0.05) is 6.92 Å². The van der Waals surface area contributed by atoms with Crippen molar-refractivity contribution in [3.05, 3.63) is 23.7 Å². The maximum absolute atomic E-state index is 5.53. The third kappa shape index (κ3) is 3.34. The SMILES string of the molecule is CCc1occc1C(COC(C)C)NN. The summed E-state index contributed by atoms with van der Waals surface area (Å²) in [5, 5.41) is 0. The Balaban J connectivity index is 2.65. The third-order valence-corrected chi connectivity index (χ3v) is 2.27. The van der Waals surface area contributed by atoms with Crippen molar-refractivity contribution in [2.45, 2.75) is 39.3 Å². The van der Waals surface area contributed by atoms with E-state index in [2.05, 4.69) is 12.3 Å². The number of ether oxygens (including phenoxy) is 1. The van der Waals surface area contributed by atoms with Crippen molar-refractivity contribution >= 4 is 0 Å². The summed E-state index contributed by atoms with van der Waals surface area (Å²) in [7, 11) is 0. The van der Waals surface area contributed by atoms with Gasteiger partial charge in [0.1, 0.15) is 5.76 Å². The van der Waals surface area contributed by atoms with Gasteiger partial charge in [-0.05, 0) is 19.9 Å². The molecule has 0 spiro atoms. The summed E-state index contributed by atoms with van der Waals surface area (Å²) in [6.45, 7) is 6.62. The molecule has 0 amide bonds. The normalized spacial score (nSPS) is 13.4. The zero-order valence-electron chi connectivity index (χ0n) is 9.62. The van der Waals surface area contributed by atoms with Crippen LogP contribution in [-0.4, -0.2) is 12.7 Å². The van der Waals surface area contributed by atoms with E-state index in [4.69, 9.17) is 15.0 Å². The van der Waals surface area contributed by atoms with Crippen molar-refractivity contribution in [2.24, 2.45) is 5.84 Å².